The van der Waals surface area contributed by atoms with E-state index in [0.717, 1.165) is 12.2 Å². The lowest BCUT2D eigenvalue weighted by Crippen LogP contribution is -2.49. The van der Waals surface area contributed by atoms with E-state index in [9.17, 15) is 0 Å². The van der Waals surface area contributed by atoms with E-state index in [0.29, 0.717) is 11.3 Å². The second-order valence-corrected chi connectivity index (χ2v) is 5.21. The molecule has 3 heteroatoms. The summed E-state index contributed by atoms with van der Waals surface area (Å²) in [5, 5.41) is 13.1. The minimum Gasteiger partial charge on any atom is -0.296 e. The Bertz CT molecular complexity index is 219. The van der Waals surface area contributed by atoms with Crippen molar-refractivity contribution in [2.24, 2.45) is 0 Å². The van der Waals surface area contributed by atoms with Crippen LogP contribution < -0.4 is 5.32 Å². The second-order valence-electron chi connectivity index (χ2n) is 3.76. The van der Waals surface area contributed by atoms with Crippen LogP contribution in [0.4, 0.5) is 0 Å². The smallest absolute Gasteiger partial charge is 0.119 e. The van der Waals surface area contributed by atoms with Gasteiger partial charge in [0, 0.05) is 11.3 Å². The van der Waals surface area contributed by atoms with Crippen molar-refractivity contribution >= 4 is 11.8 Å². The van der Waals surface area contributed by atoms with Crippen molar-refractivity contribution in [2.75, 3.05) is 5.75 Å². The zero-order valence-corrected chi connectivity index (χ0v) is 8.16. The Kier molecular flexibility index (Phi) is 2.05. The summed E-state index contributed by atoms with van der Waals surface area (Å²) in [6, 6.07) is 3.11. The molecule has 2 nitrogen and oxygen atoms in total. The number of rotatable bonds is 2. The van der Waals surface area contributed by atoms with Gasteiger partial charge in [0.1, 0.15) is 5.54 Å². The molecule has 2 rings (SSSR count). The number of thioether (sulfide) groups is 1. The van der Waals surface area contributed by atoms with Crippen LogP contribution in [0.25, 0.3) is 0 Å². The van der Waals surface area contributed by atoms with Crippen LogP contribution in [0.15, 0.2) is 0 Å². The van der Waals surface area contributed by atoms with Gasteiger partial charge in [-0.25, -0.2) is 0 Å². The molecule has 0 aromatic rings. The van der Waals surface area contributed by atoms with E-state index < -0.39 is 0 Å². The molecule has 0 aromatic heterocycles. The number of hydrogen-bond donors (Lipinski definition) is 1. The normalized spacial score (nSPS) is 41.2. The highest BCUT2D eigenvalue weighted by Gasteiger charge is 2.44. The number of hydrogen-bond acceptors (Lipinski definition) is 3. The summed E-state index contributed by atoms with van der Waals surface area (Å²) in [6.07, 6.45) is 3.55. The molecule has 1 aliphatic carbocycles. The van der Waals surface area contributed by atoms with Crippen LogP contribution in [0.3, 0.4) is 0 Å². The van der Waals surface area contributed by atoms with Crippen molar-refractivity contribution in [1.82, 2.24) is 5.32 Å². The van der Waals surface area contributed by atoms with Gasteiger partial charge in [-0.3, -0.25) is 5.32 Å². The lowest BCUT2D eigenvalue weighted by atomic mass is 9.94. The van der Waals surface area contributed by atoms with Gasteiger partial charge in [-0.15, -0.1) is 0 Å². The van der Waals surface area contributed by atoms with Crippen molar-refractivity contribution < 1.29 is 0 Å². The van der Waals surface area contributed by atoms with E-state index in [4.69, 9.17) is 5.26 Å². The molecule has 0 bridgehead atoms. The van der Waals surface area contributed by atoms with Gasteiger partial charge >= 0.3 is 0 Å². The average molecular weight is 182 g/mol. The third kappa shape index (κ3) is 1.34. The van der Waals surface area contributed by atoms with E-state index in [1.165, 1.54) is 12.8 Å². The SMILES string of the molecule is CC1SCCC1(C#N)NC1CC1. The molecule has 1 N–H and O–H groups in total. The predicted octanol–water partition coefficient (Wildman–Crippen LogP) is 1.53. The quantitative estimate of drug-likeness (QED) is 0.703. The van der Waals surface area contributed by atoms with Gasteiger partial charge in [0.2, 0.25) is 0 Å². The topological polar surface area (TPSA) is 35.8 Å². The zero-order chi connectivity index (χ0) is 8.60. The van der Waals surface area contributed by atoms with Crippen LogP contribution in [0.1, 0.15) is 26.2 Å². The Labute approximate surface area is 77.7 Å². The highest BCUT2D eigenvalue weighted by Crippen LogP contribution is 2.37. The molecule has 1 heterocycles. The zero-order valence-electron chi connectivity index (χ0n) is 7.34. The minimum absolute atomic E-state index is 0.203. The minimum atomic E-state index is -0.203. The first-order chi connectivity index (χ1) is 5.77. The van der Waals surface area contributed by atoms with Crippen LogP contribution in [-0.2, 0) is 0 Å². The van der Waals surface area contributed by atoms with E-state index in [1.807, 2.05) is 11.8 Å². The monoisotopic (exact) mass is 182 g/mol. The summed E-state index contributed by atoms with van der Waals surface area (Å²) in [7, 11) is 0. The maximum absolute atomic E-state index is 9.14. The molecular weight excluding hydrogens is 168 g/mol. The van der Waals surface area contributed by atoms with Crippen molar-refractivity contribution in [3.8, 4) is 6.07 Å². The molecule has 2 atom stereocenters. The van der Waals surface area contributed by atoms with E-state index in [-0.39, 0.29) is 5.54 Å². The molecular formula is C9H14N2S. The van der Waals surface area contributed by atoms with Crippen molar-refractivity contribution in [3.05, 3.63) is 0 Å². The van der Waals surface area contributed by atoms with Crippen molar-refractivity contribution in [3.63, 3.8) is 0 Å². The number of nitriles is 1. The van der Waals surface area contributed by atoms with E-state index >= 15 is 0 Å². The van der Waals surface area contributed by atoms with Crippen LogP contribution in [0, 0.1) is 11.3 Å². The lowest BCUT2D eigenvalue weighted by molar-refractivity contribution is 0.410. The standard InChI is InChI=1S/C9H14N2S/c1-7-9(6-10,4-5-12-7)11-8-2-3-8/h7-8,11H,2-5H2,1H3. The van der Waals surface area contributed by atoms with Gasteiger partial charge < -0.3 is 0 Å². The fourth-order valence-corrected chi connectivity index (χ4v) is 3.02. The first-order valence-corrected chi connectivity index (χ1v) is 5.62. The third-order valence-corrected chi connectivity index (χ3v) is 4.14. The fourth-order valence-electron chi connectivity index (χ4n) is 1.70. The summed E-state index contributed by atoms with van der Waals surface area (Å²) in [5.74, 6) is 1.13. The highest BCUT2D eigenvalue weighted by atomic mass is 32.2. The molecule has 2 aliphatic rings. The number of nitrogens with zero attached hydrogens (tertiary/aromatic N) is 1. The third-order valence-electron chi connectivity index (χ3n) is 2.80. The van der Waals surface area contributed by atoms with Crippen LogP contribution in [-0.4, -0.2) is 22.6 Å². The van der Waals surface area contributed by atoms with Gasteiger partial charge in [0.05, 0.1) is 6.07 Å². The summed E-state index contributed by atoms with van der Waals surface area (Å²) in [5.41, 5.74) is -0.203. The van der Waals surface area contributed by atoms with Gasteiger partial charge in [-0.2, -0.15) is 17.0 Å². The molecule has 0 spiro atoms. The van der Waals surface area contributed by atoms with Crippen LogP contribution in [0.2, 0.25) is 0 Å². The second kappa shape index (κ2) is 2.93. The van der Waals surface area contributed by atoms with Crippen molar-refractivity contribution in [2.45, 2.75) is 43.0 Å². The first-order valence-electron chi connectivity index (χ1n) is 4.57. The Morgan fingerprint density at radius 2 is 2.33 bits per heavy atom. The highest BCUT2D eigenvalue weighted by molar-refractivity contribution is 8.00. The largest absolute Gasteiger partial charge is 0.296 e. The van der Waals surface area contributed by atoms with Gasteiger partial charge in [-0.1, -0.05) is 6.92 Å². The number of nitrogens with one attached hydrogen (secondary N) is 1. The fraction of sp³-hybridized carbons (Fsp3) is 0.889. The predicted molar refractivity (Wildman–Crippen MR) is 51.0 cm³/mol. The average Bonchev–Trinajstić information content (AvgIpc) is 2.79. The molecule has 0 aromatic carbocycles. The molecule has 1 aliphatic heterocycles. The van der Waals surface area contributed by atoms with Crippen LogP contribution >= 0.6 is 11.8 Å². The summed E-state index contributed by atoms with van der Waals surface area (Å²) in [6.45, 7) is 2.16. The van der Waals surface area contributed by atoms with Gasteiger partial charge in [0.25, 0.3) is 0 Å². The molecule has 1 saturated carbocycles. The van der Waals surface area contributed by atoms with Crippen LogP contribution in [0.5, 0.6) is 0 Å². The molecule has 0 radical (unpaired) electrons. The van der Waals surface area contributed by atoms with Gasteiger partial charge in [0.15, 0.2) is 0 Å². The molecule has 2 unspecified atom stereocenters. The van der Waals surface area contributed by atoms with E-state index in [2.05, 4.69) is 18.3 Å². The molecule has 12 heavy (non-hydrogen) atoms. The van der Waals surface area contributed by atoms with E-state index in [1.54, 1.807) is 0 Å². The summed E-state index contributed by atoms with van der Waals surface area (Å²) >= 11 is 1.91. The Morgan fingerprint density at radius 1 is 1.58 bits per heavy atom. The molecule has 66 valence electrons. The maximum Gasteiger partial charge on any atom is 0.119 e. The summed E-state index contributed by atoms with van der Waals surface area (Å²) in [4.78, 5) is 0. The Balaban J connectivity index is 2.06. The lowest BCUT2D eigenvalue weighted by Gasteiger charge is -2.26. The maximum atomic E-state index is 9.14. The first kappa shape index (κ1) is 8.40. The Morgan fingerprint density at radius 3 is 2.75 bits per heavy atom. The Hall–Kier alpha value is -0.200. The molecule has 0 amide bonds. The molecule has 1 saturated heterocycles. The summed E-state index contributed by atoms with van der Waals surface area (Å²) < 4.78 is 0. The van der Waals surface area contributed by atoms with Crippen molar-refractivity contribution in [1.29, 1.82) is 5.26 Å². The molecule has 2 fully saturated rings. The van der Waals surface area contributed by atoms with Gasteiger partial charge in [-0.05, 0) is 25.0 Å².